The summed E-state index contributed by atoms with van der Waals surface area (Å²) in [5, 5.41) is 0.513. The minimum absolute atomic E-state index is 0.00373. The Hall–Kier alpha value is -2.81. The number of aryl methyl sites for hydroxylation is 1. The zero-order valence-electron chi connectivity index (χ0n) is 17.1. The molecule has 30 heavy (non-hydrogen) atoms. The first-order valence-electron chi connectivity index (χ1n) is 9.80. The number of benzene rings is 1. The second-order valence-electron chi connectivity index (χ2n) is 7.31. The van der Waals surface area contributed by atoms with Crippen LogP contribution in [0.2, 0.25) is 0 Å². The topological polar surface area (TPSA) is 118 Å². The predicted molar refractivity (Wildman–Crippen MR) is 114 cm³/mol. The third-order valence-corrected chi connectivity index (χ3v) is 6.23. The lowest BCUT2D eigenvalue weighted by atomic mass is 9.96. The third kappa shape index (κ3) is 5.41. The highest BCUT2D eigenvalue weighted by Gasteiger charge is 2.26. The van der Waals surface area contributed by atoms with Gasteiger partial charge in [0.25, 0.3) is 5.56 Å². The van der Waals surface area contributed by atoms with Crippen LogP contribution < -0.4 is 16.0 Å². The van der Waals surface area contributed by atoms with E-state index in [1.807, 2.05) is 24.3 Å². The predicted octanol–water partition coefficient (Wildman–Crippen LogP) is 1.65. The molecular weight excluding hydrogens is 404 g/mol. The van der Waals surface area contributed by atoms with Gasteiger partial charge in [-0.15, -0.1) is 0 Å². The molecule has 0 unspecified atom stereocenters. The number of aromatic amines is 1. The smallest absolute Gasteiger partial charge is 0.255 e. The summed E-state index contributed by atoms with van der Waals surface area (Å²) in [7, 11) is 1.62. The van der Waals surface area contributed by atoms with E-state index in [2.05, 4.69) is 9.97 Å². The van der Waals surface area contributed by atoms with E-state index in [9.17, 15) is 14.4 Å². The van der Waals surface area contributed by atoms with Crippen LogP contribution in [0.4, 0.5) is 0 Å². The number of hydrogen-bond donors (Lipinski definition) is 2. The van der Waals surface area contributed by atoms with Gasteiger partial charge in [0, 0.05) is 36.0 Å². The van der Waals surface area contributed by atoms with Gasteiger partial charge in [0.05, 0.1) is 13.5 Å². The van der Waals surface area contributed by atoms with Gasteiger partial charge in [-0.3, -0.25) is 14.4 Å². The van der Waals surface area contributed by atoms with Gasteiger partial charge in [-0.05, 0) is 37.5 Å². The number of methoxy groups -OCH3 is 1. The molecule has 0 aliphatic carbocycles. The molecule has 9 heteroatoms. The summed E-state index contributed by atoms with van der Waals surface area (Å²) < 4.78 is 5.22. The number of piperidine rings is 1. The lowest BCUT2D eigenvalue weighted by molar-refractivity contribution is -0.134. The summed E-state index contributed by atoms with van der Waals surface area (Å²) in [5.41, 5.74) is 7.02. The Labute approximate surface area is 179 Å². The highest BCUT2D eigenvalue weighted by molar-refractivity contribution is 7.98. The fourth-order valence-electron chi connectivity index (χ4n) is 3.45. The van der Waals surface area contributed by atoms with E-state index in [1.165, 1.54) is 11.8 Å². The number of aromatic nitrogens is 2. The summed E-state index contributed by atoms with van der Waals surface area (Å²) >= 11 is 1.42. The van der Waals surface area contributed by atoms with Crippen LogP contribution in [0.3, 0.4) is 0 Å². The Balaban J connectivity index is 1.62. The Morgan fingerprint density at radius 1 is 1.33 bits per heavy atom. The van der Waals surface area contributed by atoms with E-state index >= 15 is 0 Å². The molecule has 1 aromatic carbocycles. The molecule has 3 rings (SSSR count). The lowest BCUT2D eigenvalue weighted by Crippen LogP contribution is -2.43. The molecule has 8 nitrogen and oxygen atoms in total. The molecular formula is C21H26N4O4S. The van der Waals surface area contributed by atoms with Crippen molar-refractivity contribution in [3.63, 3.8) is 0 Å². The SMILES string of the molecule is COc1cccc(CSc2nc(C)c(CC(=O)N3CCC(C(N)=O)CC3)c(=O)[nH]2)c1. The highest BCUT2D eigenvalue weighted by Crippen LogP contribution is 2.22. The third-order valence-electron chi connectivity index (χ3n) is 5.29. The molecule has 3 N–H and O–H groups in total. The molecule has 2 amide bonds. The maximum Gasteiger partial charge on any atom is 0.255 e. The molecule has 1 aliphatic heterocycles. The summed E-state index contributed by atoms with van der Waals surface area (Å²) in [5.74, 6) is 0.777. The minimum Gasteiger partial charge on any atom is -0.497 e. The number of carbonyl (C=O) groups is 2. The van der Waals surface area contributed by atoms with Gasteiger partial charge in [0.2, 0.25) is 11.8 Å². The van der Waals surface area contributed by atoms with Crippen molar-refractivity contribution in [3.05, 3.63) is 51.4 Å². The average molecular weight is 431 g/mol. The molecule has 2 aromatic rings. The number of thioether (sulfide) groups is 1. The largest absolute Gasteiger partial charge is 0.497 e. The van der Waals surface area contributed by atoms with Crippen molar-refractivity contribution in [1.82, 2.24) is 14.9 Å². The van der Waals surface area contributed by atoms with Crippen LogP contribution in [0.15, 0.2) is 34.2 Å². The molecule has 1 fully saturated rings. The van der Waals surface area contributed by atoms with Crippen molar-refractivity contribution < 1.29 is 14.3 Å². The molecule has 1 aromatic heterocycles. The van der Waals surface area contributed by atoms with Crippen LogP contribution in [-0.2, 0) is 21.8 Å². The molecule has 1 saturated heterocycles. The summed E-state index contributed by atoms with van der Waals surface area (Å²) in [6.45, 7) is 2.70. The van der Waals surface area contributed by atoms with Crippen LogP contribution in [0, 0.1) is 12.8 Å². The Bertz CT molecular complexity index is 983. The van der Waals surface area contributed by atoms with Gasteiger partial charge >= 0.3 is 0 Å². The second-order valence-corrected chi connectivity index (χ2v) is 8.27. The van der Waals surface area contributed by atoms with Crippen molar-refractivity contribution in [3.8, 4) is 5.75 Å². The quantitative estimate of drug-likeness (QED) is 0.509. The first kappa shape index (κ1) is 21.9. The molecule has 0 atom stereocenters. The zero-order valence-corrected chi connectivity index (χ0v) is 18.0. The average Bonchev–Trinajstić information content (AvgIpc) is 2.75. The van der Waals surface area contributed by atoms with Gasteiger partial charge in [-0.1, -0.05) is 23.9 Å². The van der Waals surface area contributed by atoms with Crippen LogP contribution >= 0.6 is 11.8 Å². The molecule has 0 radical (unpaired) electrons. The van der Waals surface area contributed by atoms with Crippen molar-refractivity contribution in [2.45, 2.75) is 37.1 Å². The number of hydrogen-bond acceptors (Lipinski definition) is 6. The van der Waals surface area contributed by atoms with Gasteiger partial charge < -0.3 is 20.4 Å². The fourth-order valence-corrected chi connectivity index (χ4v) is 4.30. The number of nitrogens with one attached hydrogen (secondary N) is 1. The molecule has 0 bridgehead atoms. The number of carbonyl (C=O) groups excluding carboxylic acids is 2. The number of rotatable bonds is 7. The summed E-state index contributed by atoms with van der Waals surface area (Å²) in [6.07, 6.45) is 1.12. The number of nitrogens with zero attached hydrogens (tertiary/aromatic N) is 2. The zero-order chi connectivity index (χ0) is 21.7. The monoisotopic (exact) mass is 430 g/mol. The van der Waals surface area contributed by atoms with E-state index in [4.69, 9.17) is 10.5 Å². The Kier molecular flexibility index (Phi) is 7.15. The van der Waals surface area contributed by atoms with E-state index < -0.39 is 0 Å². The molecule has 2 heterocycles. The van der Waals surface area contributed by atoms with Crippen molar-refractivity contribution >= 4 is 23.6 Å². The lowest BCUT2D eigenvalue weighted by Gasteiger charge is -2.30. The summed E-state index contributed by atoms with van der Waals surface area (Å²) in [4.78, 5) is 45.4. The van der Waals surface area contributed by atoms with Crippen LogP contribution in [-0.4, -0.2) is 46.9 Å². The number of H-pyrrole nitrogens is 1. The van der Waals surface area contributed by atoms with Gasteiger partial charge in [-0.25, -0.2) is 4.98 Å². The van der Waals surface area contributed by atoms with Gasteiger partial charge in [0.1, 0.15) is 5.75 Å². The Morgan fingerprint density at radius 3 is 2.70 bits per heavy atom. The van der Waals surface area contributed by atoms with E-state index in [1.54, 1.807) is 18.9 Å². The minimum atomic E-state index is -0.319. The van der Waals surface area contributed by atoms with Crippen LogP contribution in [0.5, 0.6) is 5.75 Å². The van der Waals surface area contributed by atoms with E-state index in [-0.39, 0.29) is 29.7 Å². The molecule has 160 valence electrons. The summed E-state index contributed by atoms with van der Waals surface area (Å²) in [6, 6.07) is 7.71. The van der Waals surface area contributed by atoms with Crippen molar-refractivity contribution in [1.29, 1.82) is 0 Å². The second kappa shape index (κ2) is 9.80. The normalized spacial score (nSPS) is 14.5. The number of primary amides is 1. The maximum absolute atomic E-state index is 12.6. The van der Waals surface area contributed by atoms with E-state index in [0.29, 0.717) is 48.1 Å². The first-order chi connectivity index (χ1) is 14.4. The van der Waals surface area contributed by atoms with Crippen molar-refractivity contribution in [2.75, 3.05) is 20.2 Å². The van der Waals surface area contributed by atoms with Gasteiger partial charge in [0.15, 0.2) is 5.16 Å². The fraction of sp³-hybridized carbons (Fsp3) is 0.429. The van der Waals surface area contributed by atoms with E-state index in [0.717, 1.165) is 11.3 Å². The molecule has 0 saturated carbocycles. The Morgan fingerprint density at radius 2 is 2.07 bits per heavy atom. The van der Waals surface area contributed by atoms with Crippen molar-refractivity contribution in [2.24, 2.45) is 11.7 Å². The van der Waals surface area contributed by atoms with Crippen LogP contribution in [0.25, 0.3) is 0 Å². The standard InChI is InChI=1S/C21H26N4O4S/c1-13-17(11-18(26)25-8-6-15(7-9-25)19(22)27)20(28)24-21(23-13)30-12-14-4-3-5-16(10-14)29-2/h3-5,10,15H,6-9,11-12H2,1-2H3,(H2,22,27)(H,23,24,28). The molecule has 0 spiro atoms. The number of amides is 2. The first-order valence-corrected chi connectivity index (χ1v) is 10.8. The molecule has 1 aliphatic rings. The number of likely N-dealkylation sites (tertiary alicyclic amines) is 1. The number of nitrogens with two attached hydrogens (primary N) is 1. The maximum atomic E-state index is 12.6. The van der Waals surface area contributed by atoms with Gasteiger partial charge in [-0.2, -0.15) is 0 Å². The highest BCUT2D eigenvalue weighted by atomic mass is 32.2. The van der Waals surface area contributed by atoms with Crippen LogP contribution in [0.1, 0.15) is 29.7 Å². The number of ether oxygens (including phenoxy) is 1.